The van der Waals surface area contributed by atoms with Gasteiger partial charge in [-0.05, 0) is 30.4 Å². The number of hydrogen-bond acceptors (Lipinski definition) is 3. The minimum Gasteiger partial charge on any atom is -0.369 e. The first kappa shape index (κ1) is 9.86. The normalized spacial score (nSPS) is 16.9. The van der Waals surface area contributed by atoms with E-state index in [0.717, 1.165) is 37.2 Å². The van der Waals surface area contributed by atoms with Crippen LogP contribution in [0.25, 0.3) is 11.0 Å². The van der Waals surface area contributed by atoms with E-state index in [1.165, 1.54) is 5.69 Å². The van der Waals surface area contributed by atoms with Crippen LogP contribution in [0.5, 0.6) is 0 Å². The summed E-state index contributed by atoms with van der Waals surface area (Å²) in [6.45, 7) is 4.25. The zero-order valence-electron chi connectivity index (χ0n) is 8.92. The van der Waals surface area contributed by atoms with Crippen molar-refractivity contribution in [1.29, 1.82) is 0 Å². The molecular formula is C11H14N4S. The number of aromatic nitrogens is 2. The van der Waals surface area contributed by atoms with E-state index in [1.807, 2.05) is 0 Å². The Balaban J connectivity index is 2.00. The number of benzene rings is 1. The molecule has 0 spiro atoms. The summed E-state index contributed by atoms with van der Waals surface area (Å²) in [4.78, 5) is 8.66. The number of rotatable bonds is 1. The molecule has 84 valence electrons. The van der Waals surface area contributed by atoms with Crippen molar-refractivity contribution in [2.45, 2.75) is 0 Å². The number of fused-ring (bicyclic) bond motifs is 1. The van der Waals surface area contributed by atoms with Crippen LogP contribution in [0.2, 0.25) is 0 Å². The summed E-state index contributed by atoms with van der Waals surface area (Å²) in [6.07, 6.45) is 0. The van der Waals surface area contributed by atoms with E-state index in [0.29, 0.717) is 4.77 Å². The van der Waals surface area contributed by atoms with Crippen LogP contribution in [0.4, 0.5) is 5.69 Å². The Labute approximate surface area is 98.7 Å². The van der Waals surface area contributed by atoms with Crippen LogP contribution in [0.15, 0.2) is 18.2 Å². The Kier molecular flexibility index (Phi) is 2.41. The third-order valence-corrected chi connectivity index (χ3v) is 3.19. The maximum atomic E-state index is 5.08. The average Bonchev–Trinajstić information content (AvgIpc) is 2.69. The molecule has 1 aromatic carbocycles. The second-order valence-corrected chi connectivity index (χ2v) is 4.45. The lowest BCUT2D eigenvalue weighted by molar-refractivity contribution is 0.589. The van der Waals surface area contributed by atoms with Gasteiger partial charge in [0, 0.05) is 31.9 Å². The molecule has 3 rings (SSSR count). The molecule has 3 N–H and O–H groups in total. The predicted molar refractivity (Wildman–Crippen MR) is 68.6 cm³/mol. The van der Waals surface area contributed by atoms with Crippen LogP contribution in [-0.4, -0.2) is 36.1 Å². The van der Waals surface area contributed by atoms with Crippen LogP contribution in [-0.2, 0) is 0 Å². The van der Waals surface area contributed by atoms with E-state index in [1.54, 1.807) is 0 Å². The highest BCUT2D eigenvalue weighted by Crippen LogP contribution is 2.20. The Morgan fingerprint density at radius 1 is 1.06 bits per heavy atom. The van der Waals surface area contributed by atoms with Gasteiger partial charge in [0.15, 0.2) is 4.77 Å². The average molecular weight is 234 g/mol. The molecule has 1 saturated heterocycles. The zero-order valence-corrected chi connectivity index (χ0v) is 9.73. The van der Waals surface area contributed by atoms with Gasteiger partial charge in [-0.3, -0.25) is 0 Å². The fraction of sp³-hybridized carbons (Fsp3) is 0.364. The van der Waals surface area contributed by atoms with E-state index in [4.69, 9.17) is 12.2 Å². The largest absolute Gasteiger partial charge is 0.369 e. The zero-order chi connectivity index (χ0) is 11.0. The van der Waals surface area contributed by atoms with Gasteiger partial charge in [-0.2, -0.15) is 0 Å². The monoisotopic (exact) mass is 234 g/mol. The minimum absolute atomic E-state index is 0.687. The molecule has 1 fully saturated rings. The standard InChI is InChI=1S/C11H14N4S/c16-11-13-9-2-1-8(7-10(9)14-11)15-5-3-12-4-6-15/h1-2,7,12H,3-6H2,(H2,13,14,16). The number of hydrogen-bond donors (Lipinski definition) is 3. The lowest BCUT2D eigenvalue weighted by Gasteiger charge is -2.29. The predicted octanol–water partition coefficient (Wildman–Crippen LogP) is 1.64. The van der Waals surface area contributed by atoms with E-state index in [9.17, 15) is 0 Å². The molecule has 1 aromatic heterocycles. The molecule has 0 atom stereocenters. The van der Waals surface area contributed by atoms with Crippen molar-refractivity contribution in [1.82, 2.24) is 15.3 Å². The number of nitrogens with one attached hydrogen (secondary N) is 3. The summed E-state index contributed by atoms with van der Waals surface area (Å²) in [7, 11) is 0. The van der Waals surface area contributed by atoms with Crippen LogP contribution < -0.4 is 10.2 Å². The van der Waals surface area contributed by atoms with E-state index < -0.39 is 0 Å². The van der Waals surface area contributed by atoms with Gasteiger partial charge in [-0.1, -0.05) is 0 Å². The number of imidazole rings is 1. The summed E-state index contributed by atoms with van der Waals surface area (Å²) in [5.41, 5.74) is 3.42. The first-order valence-electron chi connectivity index (χ1n) is 5.51. The van der Waals surface area contributed by atoms with Crippen molar-refractivity contribution < 1.29 is 0 Å². The lowest BCUT2D eigenvalue weighted by atomic mass is 10.2. The highest BCUT2D eigenvalue weighted by molar-refractivity contribution is 7.71. The quantitative estimate of drug-likeness (QED) is 0.657. The first-order chi connectivity index (χ1) is 7.83. The lowest BCUT2D eigenvalue weighted by Crippen LogP contribution is -2.43. The number of aromatic amines is 2. The molecule has 5 heteroatoms. The van der Waals surface area contributed by atoms with Gasteiger partial charge < -0.3 is 20.2 Å². The molecule has 0 saturated carbocycles. The van der Waals surface area contributed by atoms with Crippen molar-refractivity contribution >= 4 is 28.9 Å². The van der Waals surface area contributed by atoms with Gasteiger partial charge in [-0.25, -0.2) is 0 Å². The van der Waals surface area contributed by atoms with E-state index >= 15 is 0 Å². The molecular weight excluding hydrogens is 220 g/mol. The summed E-state index contributed by atoms with van der Waals surface area (Å²) in [6, 6.07) is 6.39. The van der Waals surface area contributed by atoms with Crippen molar-refractivity contribution in [3.8, 4) is 0 Å². The summed E-state index contributed by atoms with van der Waals surface area (Å²) in [5.74, 6) is 0. The third kappa shape index (κ3) is 1.72. The molecule has 2 aromatic rings. The smallest absolute Gasteiger partial charge is 0.175 e. The Morgan fingerprint density at radius 2 is 1.81 bits per heavy atom. The number of nitrogens with zero attached hydrogens (tertiary/aromatic N) is 1. The second kappa shape index (κ2) is 3.92. The molecule has 1 aliphatic rings. The molecule has 4 nitrogen and oxygen atoms in total. The highest BCUT2D eigenvalue weighted by Gasteiger charge is 2.10. The first-order valence-corrected chi connectivity index (χ1v) is 5.91. The van der Waals surface area contributed by atoms with Crippen LogP contribution >= 0.6 is 12.2 Å². The molecule has 0 radical (unpaired) electrons. The van der Waals surface area contributed by atoms with Gasteiger partial charge >= 0.3 is 0 Å². The van der Waals surface area contributed by atoms with Gasteiger partial charge in [0.1, 0.15) is 0 Å². The Bertz CT molecular complexity index is 550. The molecule has 2 heterocycles. The van der Waals surface area contributed by atoms with Crippen molar-refractivity contribution in [3.63, 3.8) is 0 Å². The number of anilines is 1. The summed E-state index contributed by atoms with van der Waals surface area (Å²) in [5, 5.41) is 3.35. The second-order valence-electron chi connectivity index (χ2n) is 4.05. The maximum absolute atomic E-state index is 5.08. The molecule has 0 bridgehead atoms. The van der Waals surface area contributed by atoms with Crippen LogP contribution in [0.3, 0.4) is 0 Å². The van der Waals surface area contributed by atoms with Gasteiger partial charge in [-0.15, -0.1) is 0 Å². The minimum atomic E-state index is 0.687. The van der Waals surface area contributed by atoms with E-state index in [-0.39, 0.29) is 0 Å². The maximum Gasteiger partial charge on any atom is 0.175 e. The van der Waals surface area contributed by atoms with Gasteiger partial charge in [0.25, 0.3) is 0 Å². The van der Waals surface area contributed by atoms with E-state index in [2.05, 4.69) is 38.4 Å². The number of piperazine rings is 1. The molecule has 0 aliphatic carbocycles. The van der Waals surface area contributed by atoms with Crippen LogP contribution in [0, 0.1) is 4.77 Å². The SMILES string of the molecule is S=c1[nH]c2ccc(N3CCNCC3)cc2[nH]1. The van der Waals surface area contributed by atoms with Crippen molar-refractivity contribution in [2.24, 2.45) is 0 Å². The van der Waals surface area contributed by atoms with Crippen molar-refractivity contribution in [2.75, 3.05) is 31.1 Å². The molecule has 1 aliphatic heterocycles. The molecule has 0 unspecified atom stereocenters. The fourth-order valence-corrected chi connectivity index (χ4v) is 2.36. The Hall–Kier alpha value is -1.33. The third-order valence-electron chi connectivity index (χ3n) is 2.98. The van der Waals surface area contributed by atoms with Crippen molar-refractivity contribution in [3.05, 3.63) is 23.0 Å². The van der Waals surface area contributed by atoms with Gasteiger partial charge in [0.2, 0.25) is 0 Å². The highest BCUT2D eigenvalue weighted by atomic mass is 32.1. The summed E-state index contributed by atoms with van der Waals surface area (Å²) < 4.78 is 0.687. The molecule has 0 amide bonds. The topological polar surface area (TPSA) is 46.9 Å². The van der Waals surface area contributed by atoms with Crippen LogP contribution in [0.1, 0.15) is 0 Å². The fourth-order valence-electron chi connectivity index (χ4n) is 2.14. The van der Waals surface area contributed by atoms with Gasteiger partial charge in [0.05, 0.1) is 11.0 Å². The summed E-state index contributed by atoms with van der Waals surface area (Å²) >= 11 is 5.08. The number of H-pyrrole nitrogens is 2. The molecule has 16 heavy (non-hydrogen) atoms. The Morgan fingerprint density at radius 3 is 2.62 bits per heavy atom.